The second-order valence-electron chi connectivity index (χ2n) is 11.5. The number of aliphatic hydroxyl groups excluding tert-OH is 1. The van der Waals surface area contributed by atoms with Crippen molar-refractivity contribution < 1.29 is 14.5 Å². The molecule has 1 aliphatic carbocycles. The second kappa shape index (κ2) is 10.4. The van der Waals surface area contributed by atoms with Crippen LogP contribution in [0, 0.1) is 17.8 Å². The van der Waals surface area contributed by atoms with E-state index in [4.69, 9.17) is 4.52 Å². The van der Waals surface area contributed by atoms with Crippen LogP contribution in [0.1, 0.15) is 77.1 Å². The Morgan fingerprint density at radius 3 is 2.29 bits per heavy atom. The van der Waals surface area contributed by atoms with Crippen molar-refractivity contribution in [2.75, 3.05) is 0 Å². The predicted octanol–water partition coefficient (Wildman–Crippen LogP) is 6.37. The third-order valence-corrected chi connectivity index (χ3v) is 11.2. The Kier molecular flexibility index (Phi) is 7.86. The van der Waals surface area contributed by atoms with Crippen LogP contribution in [-0.4, -0.2) is 27.5 Å². The third-order valence-electron chi connectivity index (χ3n) is 7.99. The van der Waals surface area contributed by atoms with Crippen molar-refractivity contribution in [1.29, 1.82) is 0 Å². The number of hydrogen-bond donors (Lipinski definition) is 1. The van der Waals surface area contributed by atoms with Crippen molar-refractivity contribution in [1.82, 2.24) is 4.67 Å². The summed E-state index contributed by atoms with van der Waals surface area (Å²) in [6.07, 6.45) is 2.97. The van der Waals surface area contributed by atoms with Crippen LogP contribution < -0.4 is 4.89 Å². The molecule has 0 amide bonds. The van der Waals surface area contributed by atoms with Gasteiger partial charge in [0.2, 0.25) is 0 Å². The van der Waals surface area contributed by atoms with Crippen molar-refractivity contribution in [3.05, 3.63) is 71.8 Å². The van der Waals surface area contributed by atoms with E-state index in [-0.39, 0.29) is 17.6 Å². The molecular formula is C29H42NO3P. The van der Waals surface area contributed by atoms with E-state index >= 15 is 4.89 Å². The summed E-state index contributed by atoms with van der Waals surface area (Å²) in [4.78, 5) is 15.4. The van der Waals surface area contributed by atoms with Gasteiger partial charge in [-0.3, -0.25) is 0 Å². The summed E-state index contributed by atoms with van der Waals surface area (Å²) < 4.78 is 8.96. The van der Waals surface area contributed by atoms with Gasteiger partial charge >= 0.3 is 0 Å². The first-order chi connectivity index (χ1) is 16.1. The van der Waals surface area contributed by atoms with Crippen LogP contribution in [-0.2, 0) is 11.1 Å². The highest BCUT2D eigenvalue weighted by Crippen LogP contribution is 2.75. The minimum atomic E-state index is -3.49. The molecule has 34 heavy (non-hydrogen) atoms. The summed E-state index contributed by atoms with van der Waals surface area (Å²) in [5.41, 5.74) is 1.11. The molecule has 4 rings (SSSR count). The largest absolute Gasteiger partial charge is 0.640 e. The van der Waals surface area contributed by atoms with E-state index in [0.717, 1.165) is 24.0 Å². The van der Waals surface area contributed by atoms with E-state index in [1.54, 1.807) is 0 Å². The van der Waals surface area contributed by atoms with Crippen LogP contribution in [0.25, 0.3) is 0 Å². The monoisotopic (exact) mass is 483 g/mol. The quantitative estimate of drug-likeness (QED) is 0.465. The number of fused-ring (bicyclic) bond motifs is 1. The molecule has 5 heteroatoms. The molecule has 2 aromatic rings. The Labute approximate surface area is 206 Å². The Morgan fingerprint density at radius 1 is 1.06 bits per heavy atom. The molecule has 1 unspecified atom stereocenters. The van der Waals surface area contributed by atoms with Crippen LogP contribution in [0.5, 0.6) is 0 Å². The van der Waals surface area contributed by atoms with Crippen molar-refractivity contribution >= 4 is 7.87 Å². The lowest BCUT2D eigenvalue weighted by molar-refractivity contribution is -0.242. The zero-order chi connectivity index (χ0) is 24.5. The zero-order valence-electron chi connectivity index (χ0n) is 21.4. The number of rotatable bonds is 7. The molecular weight excluding hydrogens is 441 g/mol. The van der Waals surface area contributed by atoms with E-state index in [1.807, 2.05) is 48.5 Å². The molecule has 2 fully saturated rings. The summed E-state index contributed by atoms with van der Waals surface area (Å²) in [5.74, 6) is 1.16. The van der Waals surface area contributed by atoms with Crippen molar-refractivity contribution in [2.24, 2.45) is 17.8 Å². The van der Waals surface area contributed by atoms with E-state index in [1.165, 1.54) is 6.42 Å². The maximum absolute atomic E-state index is 15.4. The van der Waals surface area contributed by atoms with Gasteiger partial charge < -0.3 is 10.00 Å². The lowest BCUT2D eigenvalue weighted by Gasteiger charge is -2.60. The van der Waals surface area contributed by atoms with Gasteiger partial charge in [0, 0.05) is 5.92 Å². The van der Waals surface area contributed by atoms with Gasteiger partial charge in [0.1, 0.15) is 6.10 Å². The lowest BCUT2D eigenvalue weighted by atomic mass is 9.71. The standard InChI is InChI=1S/C29H42NO3P/c1-21(2)18-26(31)28(24-14-10-7-11-15-24)34(32)30(20-23-12-8-6-9-13-23)29(4,5)25-17-16-22(3)19-27(25)33-34/h6-15,21-22,25-28,31H,16-20H2,1-5H3/t22-,25-,26+,27-,28+,34?/m1/s1. The van der Waals surface area contributed by atoms with Crippen LogP contribution in [0.3, 0.4) is 0 Å². The van der Waals surface area contributed by atoms with Crippen LogP contribution in [0.2, 0.25) is 0 Å². The summed E-state index contributed by atoms with van der Waals surface area (Å²) in [6.45, 7) is 11.5. The molecule has 0 aromatic heterocycles. The van der Waals surface area contributed by atoms with Crippen molar-refractivity contribution in [3.8, 4) is 0 Å². The van der Waals surface area contributed by atoms with Gasteiger partial charge in [0.05, 0.1) is 18.2 Å². The van der Waals surface area contributed by atoms with Gasteiger partial charge in [0.25, 0.3) is 0 Å². The molecule has 1 N–H and O–H groups in total. The van der Waals surface area contributed by atoms with E-state index < -0.39 is 19.6 Å². The smallest absolute Gasteiger partial charge is 0.185 e. The first-order valence-electron chi connectivity index (χ1n) is 13.0. The molecule has 0 spiro atoms. The minimum Gasteiger partial charge on any atom is -0.640 e. The molecule has 186 valence electrons. The van der Waals surface area contributed by atoms with Crippen LogP contribution in [0.4, 0.5) is 0 Å². The van der Waals surface area contributed by atoms with Gasteiger partial charge in [-0.25, -0.2) is 4.52 Å². The lowest BCUT2D eigenvalue weighted by Crippen LogP contribution is -2.62. The third kappa shape index (κ3) is 5.13. The Balaban J connectivity index is 1.83. The molecule has 1 saturated carbocycles. The van der Waals surface area contributed by atoms with Gasteiger partial charge in [-0.2, -0.15) is 0 Å². The fourth-order valence-electron chi connectivity index (χ4n) is 6.22. The second-order valence-corrected chi connectivity index (χ2v) is 13.9. The first-order valence-corrected chi connectivity index (χ1v) is 14.6. The van der Waals surface area contributed by atoms with Gasteiger partial charge in [0.15, 0.2) is 13.5 Å². The number of nitrogens with zero attached hydrogens (tertiary/aromatic N) is 1. The number of benzene rings is 2. The normalized spacial score (nSPS) is 31.1. The first kappa shape index (κ1) is 25.8. The minimum absolute atomic E-state index is 0.0472. The summed E-state index contributed by atoms with van der Waals surface area (Å²) >= 11 is 0. The highest BCUT2D eigenvalue weighted by molar-refractivity contribution is 7.62. The molecule has 2 aromatic carbocycles. The van der Waals surface area contributed by atoms with Gasteiger partial charge in [-0.1, -0.05) is 87.9 Å². The highest BCUT2D eigenvalue weighted by atomic mass is 31.2. The summed E-state index contributed by atoms with van der Waals surface area (Å²) in [5, 5.41) is 11.6. The van der Waals surface area contributed by atoms with E-state index in [2.05, 4.69) is 51.4 Å². The average molecular weight is 484 g/mol. The predicted molar refractivity (Wildman–Crippen MR) is 139 cm³/mol. The average Bonchev–Trinajstić information content (AvgIpc) is 2.77. The van der Waals surface area contributed by atoms with E-state index in [9.17, 15) is 5.11 Å². The van der Waals surface area contributed by atoms with Gasteiger partial charge in [-0.05, 0) is 56.1 Å². The fraction of sp³-hybridized carbons (Fsp3) is 0.586. The summed E-state index contributed by atoms with van der Waals surface area (Å²) in [7, 11) is -3.49. The summed E-state index contributed by atoms with van der Waals surface area (Å²) in [6, 6.07) is 20.2. The molecule has 0 radical (unpaired) electrons. The molecule has 4 nitrogen and oxygen atoms in total. The molecule has 6 atom stereocenters. The Hall–Kier alpha value is -1.29. The molecule has 1 heterocycles. The van der Waals surface area contributed by atoms with E-state index in [0.29, 0.717) is 24.8 Å². The molecule has 1 aliphatic heterocycles. The van der Waals surface area contributed by atoms with Gasteiger partial charge in [-0.15, -0.1) is 4.67 Å². The number of aliphatic hydroxyl groups is 1. The number of hydrogen-bond acceptors (Lipinski definition) is 4. The Bertz CT molecular complexity index is 921. The maximum Gasteiger partial charge on any atom is 0.185 e. The van der Waals surface area contributed by atoms with Crippen LogP contribution in [0.15, 0.2) is 60.7 Å². The molecule has 2 aliphatic rings. The van der Waals surface area contributed by atoms with Crippen molar-refractivity contribution in [3.63, 3.8) is 0 Å². The maximum atomic E-state index is 15.4. The highest BCUT2D eigenvalue weighted by Gasteiger charge is 2.63. The van der Waals surface area contributed by atoms with Crippen LogP contribution >= 0.6 is 7.87 Å². The molecule has 0 bridgehead atoms. The zero-order valence-corrected chi connectivity index (χ0v) is 22.3. The topological polar surface area (TPSA) is 55.8 Å². The Morgan fingerprint density at radius 2 is 1.68 bits per heavy atom. The molecule has 1 saturated heterocycles. The SMILES string of the molecule is CC(C)C[C@H](O)[C@H](c1ccccc1)[P+]1([O-])O[C@@H]2C[C@H](C)CC[C@H]2C(C)(C)N1Cc1ccccc1. The van der Waals surface area contributed by atoms with Crippen molar-refractivity contribution in [2.45, 2.75) is 90.3 Å². The fourth-order valence-corrected chi connectivity index (χ4v) is 9.72.